The molecule has 0 saturated heterocycles. The maximum atomic E-state index is 5.70. The zero-order valence-electron chi connectivity index (χ0n) is 15.4. The van der Waals surface area contributed by atoms with Crippen LogP contribution in [0.2, 0.25) is 0 Å². The lowest BCUT2D eigenvalue weighted by atomic mass is 9.77. The molecule has 0 bridgehead atoms. The number of rotatable bonds is 2. The summed E-state index contributed by atoms with van der Waals surface area (Å²) in [4.78, 5) is 2.56. The highest BCUT2D eigenvalue weighted by Gasteiger charge is 2.39. The maximum Gasteiger partial charge on any atom is 0.231 e. The summed E-state index contributed by atoms with van der Waals surface area (Å²) in [5.74, 6) is 3.78. The van der Waals surface area contributed by atoms with Crippen molar-refractivity contribution >= 4 is 0 Å². The smallest absolute Gasteiger partial charge is 0.231 e. The third-order valence-corrected chi connectivity index (χ3v) is 6.02. The molecular formula is C21H23NO4. The summed E-state index contributed by atoms with van der Waals surface area (Å²) in [7, 11) is 3.42. The lowest BCUT2D eigenvalue weighted by Crippen LogP contribution is -2.41. The topological polar surface area (TPSA) is 40.2 Å². The van der Waals surface area contributed by atoms with E-state index in [4.69, 9.17) is 18.9 Å². The van der Waals surface area contributed by atoms with Crippen LogP contribution in [0.1, 0.15) is 41.1 Å². The largest absolute Gasteiger partial charge is 0.493 e. The fourth-order valence-electron chi connectivity index (χ4n) is 4.82. The SMILES string of the molecule is COc1ccc2c(c1OC)CN1CCc3cc4c(cc3[C@@H]1C2C)OCO4. The van der Waals surface area contributed by atoms with Crippen molar-refractivity contribution < 1.29 is 18.9 Å². The monoisotopic (exact) mass is 353 g/mol. The molecule has 136 valence electrons. The second kappa shape index (κ2) is 5.81. The Morgan fingerprint density at radius 1 is 1.04 bits per heavy atom. The second-order valence-electron chi connectivity index (χ2n) is 7.23. The van der Waals surface area contributed by atoms with Gasteiger partial charge in [0.2, 0.25) is 6.79 Å². The quantitative estimate of drug-likeness (QED) is 0.824. The Morgan fingerprint density at radius 3 is 2.62 bits per heavy atom. The van der Waals surface area contributed by atoms with Crippen LogP contribution >= 0.6 is 0 Å². The number of methoxy groups -OCH3 is 2. The van der Waals surface area contributed by atoms with Crippen LogP contribution in [0.3, 0.4) is 0 Å². The second-order valence-corrected chi connectivity index (χ2v) is 7.23. The Bertz CT molecular complexity index is 879. The van der Waals surface area contributed by atoms with Crippen molar-refractivity contribution in [2.24, 2.45) is 0 Å². The summed E-state index contributed by atoms with van der Waals surface area (Å²) in [6, 6.07) is 8.93. The number of fused-ring (bicyclic) bond motifs is 5. The molecule has 2 aromatic carbocycles. The summed E-state index contributed by atoms with van der Waals surface area (Å²) in [5.41, 5.74) is 5.34. The molecule has 5 nitrogen and oxygen atoms in total. The van der Waals surface area contributed by atoms with Gasteiger partial charge in [-0.3, -0.25) is 4.90 Å². The van der Waals surface area contributed by atoms with E-state index in [9.17, 15) is 0 Å². The molecule has 3 heterocycles. The summed E-state index contributed by atoms with van der Waals surface area (Å²) >= 11 is 0. The highest BCUT2D eigenvalue weighted by molar-refractivity contribution is 5.56. The fraction of sp³-hybridized carbons (Fsp3) is 0.429. The van der Waals surface area contributed by atoms with Crippen molar-refractivity contribution in [1.82, 2.24) is 4.90 Å². The van der Waals surface area contributed by atoms with Crippen LogP contribution in [0.5, 0.6) is 23.0 Å². The molecule has 2 atom stereocenters. The van der Waals surface area contributed by atoms with Crippen LogP contribution in [0, 0.1) is 0 Å². The third kappa shape index (κ3) is 2.13. The molecule has 3 aliphatic heterocycles. The molecule has 0 amide bonds. The van der Waals surface area contributed by atoms with Gasteiger partial charge in [0.25, 0.3) is 0 Å². The first kappa shape index (κ1) is 15.8. The van der Waals surface area contributed by atoms with E-state index in [-0.39, 0.29) is 0 Å². The van der Waals surface area contributed by atoms with Crippen LogP contribution in [0.25, 0.3) is 0 Å². The van der Waals surface area contributed by atoms with Gasteiger partial charge in [-0.05, 0) is 41.3 Å². The number of ether oxygens (including phenoxy) is 4. The molecule has 5 heteroatoms. The minimum atomic E-state index is 0.321. The zero-order chi connectivity index (χ0) is 17.8. The molecule has 0 spiro atoms. The number of hydrogen-bond donors (Lipinski definition) is 0. The molecule has 0 radical (unpaired) electrons. The number of benzene rings is 2. The normalized spacial score (nSPS) is 23.0. The molecule has 26 heavy (non-hydrogen) atoms. The molecule has 1 unspecified atom stereocenters. The molecule has 0 aliphatic carbocycles. The van der Waals surface area contributed by atoms with Gasteiger partial charge in [0.05, 0.1) is 14.2 Å². The summed E-state index contributed by atoms with van der Waals surface area (Å²) in [5, 5.41) is 0. The van der Waals surface area contributed by atoms with E-state index in [0.717, 1.165) is 42.5 Å². The minimum absolute atomic E-state index is 0.321. The van der Waals surface area contributed by atoms with Crippen molar-refractivity contribution in [3.05, 3.63) is 46.5 Å². The Hall–Kier alpha value is -2.40. The Kier molecular flexibility index (Phi) is 3.54. The van der Waals surface area contributed by atoms with Gasteiger partial charge in [-0.2, -0.15) is 0 Å². The summed E-state index contributed by atoms with van der Waals surface area (Å²) < 4.78 is 22.4. The van der Waals surface area contributed by atoms with Crippen LogP contribution < -0.4 is 18.9 Å². The van der Waals surface area contributed by atoms with Crippen molar-refractivity contribution in [3.63, 3.8) is 0 Å². The summed E-state index contributed by atoms with van der Waals surface area (Å²) in [6.45, 7) is 4.53. The van der Waals surface area contributed by atoms with Gasteiger partial charge in [-0.1, -0.05) is 13.0 Å². The average molecular weight is 353 g/mol. The molecular weight excluding hydrogens is 330 g/mol. The highest BCUT2D eigenvalue weighted by atomic mass is 16.7. The maximum absolute atomic E-state index is 5.70. The van der Waals surface area contributed by atoms with E-state index < -0.39 is 0 Å². The van der Waals surface area contributed by atoms with E-state index in [1.165, 1.54) is 22.3 Å². The minimum Gasteiger partial charge on any atom is -0.493 e. The standard InChI is InChI=1S/C21H23NO4/c1-12-14-4-5-17(23-2)21(24-3)16(14)10-22-7-6-13-8-18-19(26-11-25-18)9-15(13)20(12)22/h4-5,8-9,12,20H,6-7,10-11H2,1-3H3/t12?,20-/m0/s1. The van der Waals surface area contributed by atoms with Gasteiger partial charge in [-0.25, -0.2) is 0 Å². The van der Waals surface area contributed by atoms with E-state index in [1.54, 1.807) is 14.2 Å². The van der Waals surface area contributed by atoms with Crippen LogP contribution in [-0.2, 0) is 13.0 Å². The molecule has 0 fully saturated rings. The number of hydrogen-bond acceptors (Lipinski definition) is 5. The van der Waals surface area contributed by atoms with E-state index in [2.05, 4.69) is 30.0 Å². The van der Waals surface area contributed by atoms with Gasteiger partial charge in [0.1, 0.15) is 0 Å². The lowest BCUT2D eigenvalue weighted by Gasteiger charge is -2.45. The van der Waals surface area contributed by atoms with Crippen LogP contribution in [0.15, 0.2) is 24.3 Å². The van der Waals surface area contributed by atoms with Crippen LogP contribution in [-0.4, -0.2) is 32.5 Å². The van der Waals surface area contributed by atoms with Gasteiger partial charge in [0.15, 0.2) is 23.0 Å². The van der Waals surface area contributed by atoms with Crippen molar-refractivity contribution in [3.8, 4) is 23.0 Å². The molecule has 0 saturated carbocycles. The van der Waals surface area contributed by atoms with Gasteiger partial charge in [-0.15, -0.1) is 0 Å². The Balaban J connectivity index is 1.62. The van der Waals surface area contributed by atoms with E-state index in [0.29, 0.717) is 18.8 Å². The van der Waals surface area contributed by atoms with E-state index in [1.807, 2.05) is 6.07 Å². The Labute approximate surface area is 153 Å². The molecule has 2 aromatic rings. The van der Waals surface area contributed by atoms with Gasteiger partial charge >= 0.3 is 0 Å². The number of nitrogens with zero attached hydrogens (tertiary/aromatic N) is 1. The first-order valence-corrected chi connectivity index (χ1v) is 9.11. The Morgan fingerprint density at radius 2 is 1.85 bits per heavy atom. The average Bonchev–Trinajstić information content (AvgIpc) is 3.12. The zero-order valence-corrected chi connectivity index (χ0v) is 15.4. The van der Waals surface area contributed by atoms with Crippen molar-refractivity contribution in [2.75, 3.05) is 27.6 Å². The van der Waals surface area contributed by atoms with Crippen molar-refractivity contribution in [1.29, 1.82) is 0 Å². The van der Waals surface area contributed by atoms with Gasteiger partial charge < -0.3 is 18.9 Å². The first-order chi connectivity index (χ1) is 12.7. The van der Waals surface area contributed by atoms with Crippen molar-refractivity contribution in [2.45, 2.75) is 31.8 Å². The summed E-state index contributed by atoms with van der Waals surface area (Å²) in [6.07, 6.45) is 1.02. The third-order valence-electron chi connectivity index (χ3n) is 6.02. The molecule has 0 N–H and O–H groups in total. The predicted molar refractivity (Wildman–Crippen MR) is 97.4 cm³/mol. The lowest BCUT2D eigenvalue weighted by molar-refractivity contribution is 0.136. The van der Waals surface area contributed by atoms with Gasteiger partial charge in [0, 0.05) is 30.6 Å². The molecule has 0 aromatic heterocycles. The van der Waals surface area contributed by atoms with Crippen LogP contribution in [0.4, 0.5) is 0 Å². The molecule has 3 aliphatic rings. The first-order valence-electron chi connectivity index (χ1n) is 9.11. The highest BCUT2D eigenvalue weighted by Crippen LogP contribution is 2.51. The predicted octanol–water partition coefficient (Wildman–Crippen LogP) is 3.65. The molecule has 5 rings (SSSR count). The van der Waals surface area contributed by atoms with E-state index >= 15 is 0 Å². The fourth-order valence-corrected chi connectivity index (χ4v) is 4.82.